The number of urea groups is 1. The average molecular weight is 637 g/mol. The van der Waals surface area contributed by atoms with Crippen molar-refractivity contribution >= 4 is 35.6 Å². The number of primary amides is 1. The predicted molar refractivity (Wildman–Crippen MR) is 170 cm³/mol. The van der Waals surface area contributed by atoms with Crippen molar-refractivity contribution in [3.05, 3.63) is 0 Å². The molecule has 0 bridgehead atoms. The van der Waals surface area contributed by atoms with E-state index >= 15 is 0 Å². The SMILES string of the molecule is CCNC(=O)OC[C@@H](NC(=O)N[C@H](C(=O)N1CC[C@H](C(C)C)[C@H]1C(=O)NC(CC1CCC1)C(=O)C(N)=O)C(C)(C)C)C(C)(C)C. The molecule has 1 saturated carbocycles. The number of alkyl carbamates (subject to hydrolysis) is 1. The summed E-state index contributed by atoms with van der Waals surface area (Å²) in [5.74, 6) is -2.83. The molecule has 6 N–H and O–H groups in total. The van der Waals surface area contributed by atoms with Crippen LogP contribution in [0.5, 0.6) is 0 Å². The minimum absolute atomic E-state index is 0.0391. The molecular weight excluding hydrogens is 580 g/mol. The number of hydrogen-bond acceptors (Lipinski definition) is 7. The number of ketones is 1. The quantitative estimate of drug-likeness (QED) is 0.192. The van der Waals surface area contributed by atoms with Crippen LogP contribution in [-0.2, 0) is 23.9 Å². The predicted octanol–water partition coefficient (Wildman–Crippen LogP) is 2.46. The molecule has 1 aliphatic carbocycles. The fraction of sp³-hybridized carbons (Fsp3) is 0.812. The first-order chi connectivity index (χ1) is 20.8. The Morgan fingerprint density at radius 3 is 2.00 bits per heavy atom. The summed E-state index contributed by atoms with van der Waals surface area (Å²) in [6, 6.07) is -4.15. The van der Waals surface area contributed by atoms with Gasteiger partial charge in [-0.2, -0.15) is 0 Å². The standard InChI is InChI=1S/C32H56N6O7/c1-10-34-30(44)45-17-22(31(4,5)6)36-29(43)37-25(32(7,8)9)28(42)38-15-14-20(18(2)3)23(38)27(41)35-21(24(39)26(33)40)16-19-12-11-13-19/h18-23,25H,10-17H2,1-9H3,(H2,33,40)(H,34,44)(H,35,41)(H2,36,37,43)/t20-,21?,22-,23+,25-/m1/s1. The molecule has 45 heavy (non-hydrogen) atoms. The minimum atomic E-state index is -1.10. The van der Waals surface area contributed by atoms with Crippen LogP contribution < -0.4 is 27.0 Å². The van der Waals surface area contributed by atoms with Crippen molar-refractivity contribution in [2.45, 2.75) is 119 Å². The normalized spacial score (nSPS) is 20.8. The number of hydrogen-bond donors (Lipinski definition) is 5. The van der Waals surface area contributed by atoms with Gasteiger partial charge in [0.1, 0.15) is 18.7 Å². The number of rotatable bonds is 13. The molecule has 0 aromatic carbocycles. The summed E-state index contributed by atoms with van der Waals surface area (Å²) in [6.07, 6.45) is 3.15. The third kappa shape index (κ3) is 10.6. The summed E-state index contributed by atoms with van der Waals surface area (Å²) in [5.41, 5.74) is 4.10. The van der Waals surface area contributed by atoms with Crippen LogP contribution >= 0.6 is 0 Å². The van der Waals surface area contributed by atoms with Gasteiger partial charge < -0.3 is 36.6 Å². The van der Waals surface area contributed by atoms with Gasteiger partial charge in [-0.15, -0.1) is 0 Å². The van der Waals surface area contributed by atoms with Crippen molar-refractivity contribution in [3.8, 4) is 0 Å². The van der Waals surface area contributed by atoms with Gasteiger partial charge in [-0.1, -0.05) is 74.7 Å². The molecule has 13 nitrogen and oxygen atoms in total. The van der Waals surface area contributed by atoms with Gasteiger partial charge in [-0.05, 0) is 48.3 Å². The molecule has 2 rings (SSSR count). The number of carbonyl (C=O) groups is 6. The van der Waals surface area contributed by atoms with E-state index < -0.39 is 70.6 Å². The number of likely N-dealkylation sites (tertiary alicyclic amines) is 1. The average Bonchev–Trinajstić information content (AvgIpc) is 3.34. The molecule has 13 heteroatoms. The maximum Gasteiger partial charge on any atom is 0.407 e. The van der Waals surface area contributed by atoms with Gasteiger partial charge in [-0.25, -0.2) is 9.59 Å². The number of nitrogens with two attached hydrogens (primary N) is 1. The Morgan fingerprint density at radius 1 is 0.911 bits per heavy atom. The maximum absolute atomic E-state index is 14.2. The summed E-state index contributed by atoms with van der Waals surface area (Å²) in [7, 11) is 0. The summed E-state index contributed by atoms with van der Waals surface area (Å²) in [4.78, 5) is 79.3. The Bertz CT molecular complexity index is 1090. The second kappa shape index (κ2) is 15.8. The summed E-state index contributed by atoms with van der Waals surface area (Å²) in [6.45, 7) is 17.5. The van der Waals surface area contributed by atoms with E-state index in [0.717, 1.165) is 19.3 Å². The van der Waals surface area contributed by atoms with Crippen LogP contribution in [0.25, 0.3) is 0 Å². The molecule has 0 aromatic heterocycles. The smallest absolute Gasteiger partial charge is 0.407 e. The zero-order chi connectivity index (χ0) is 34.3. The molecule has 256 valence electrons. The fourth-order valence-electron chi connectivity index (χ4n) is 5.83. The van der Waals surface area contributed by atoms with Crippen LogP contribution in [0.4, 0.5) is 9.59 Å². The van der Waals surface area contributed by atoms with E-state index in [-0.39, 0.29) is 30.9 Å². The lowest BCUT2D eigenvalue weighted by Gasteiger charge is -2.38. The van der Waals surface area contributed by atoms with Crippen LogP contribution in [-0.4, -0.2) is 84.4 Å². The minimum Gasteiger partial charge on any atom is -0.447 e. The Balaban J connectivity index is 2.29. The Labute approximate surface area is 267 Å². The van der Waals surface area contributed by atoms with Crippen LogP contribution in [0.3, 0.4) is 0 Å². The zero-order valence-corrected chi connectivity index (χ0v) is 28.6. The number of Topliss-reactive ketones (excluding diaryl/α,β-unsaturated/α-hetero) is 1. The molecule has 5 atom stereocenters. The summed E-state index contributed by atoms with van der Waals surface area (Å²) >= 11 is 0. The monoisotopic (exact) mass is 636 g/mol. The topological polar surface area (TPSA) is 189 Å². The Kier molecular flexibility index (Phi) is 13.2. The van der Waals surface area contributed by atoms with Gasteiger partial charge in [0.15, 0.2) is 0 Å². The lowest BCUT2D eigenvalue weighted by atomic mass is 9.80. The highest BCUT2D eigenvalue weighted by Gasteiger charge is 2.48. The van der Waals surface area contributed by atoms with E-state index in [1.54, 1.807) is 6.92 Å². The first kappa shape index (κ1) is 37.8. The van der Waals surface area contributed by atoms with Crippen molar-refractivity contribution in [2.24, 2.45) is 34.3 Å². The van der Waals surface area contributed by atoms with Gasteiger partial charge in [0.2, 0.25) is 17.6 Å². The van der Waals surface area contributed by atoms with Gasteiger partial charge >= 0.3 is 12.1 Å². The van der Waals surface area contributed by atoms with E-state index in [4.69, 9.17) is 10.5 Å². The van der Waals surface area contributed by atoms with Crippen molar-refractivity contribution in [1.82, 2.24) is 26.2 Å². The third-order valence-corrected chi connectivity index (χ3v) is 8.96. The van der Waals surface area contributed by atoms with Crippen molar-refractivity contribution < 1.29 is 33.5 Å². The van der Waals surface area contributed by atoms with Crippen LogP contribution in [0, 0.1) is 28.6 Å². The zero-order valence-electron chi connectivity index (χ0n) is 28.6. The van der Waals surface area contributed by atoms with Gasteiger partial charge in [-0.3, -0.25) is 19.2 Å². The van der Waals surface area contributed by atoms with Gasteiger partial charge in [0.05, 0.1) is 12.1 Å². The Morgan fingerprint density at radius 2 is 1.53 bits per heavy atom. The molecule has 0 spiro atoms. The number of nitrogens with one attached hydrogen (secondary N) is 4. The second-order valence-electron chi connectivity index (χ2n) is 15.0. The highest BCUT2D eigenvalue weighted by molar-refractivity contribution is 6.37. The van der Waals surface area contributed by atoms with Gasteiger partial charge in [0, 0.05) is 13.1 Å². The number of ether oxygens (including phenoxy) is 1. The van der Waals surface area contributed by atoms with Crippen molar-refractivity contribution in [1.29, 1.82) is 0 Å². The van der Waals surface area contributed by atoms with E-state index in [0.29, 0.717) is 19.4 Å². The van der Waals surface area contributed by atoms with Crippen LogP contribution in [0.15, 0.2) is 0 Å². The largest absolute Gasteiger partial charge is 0.447 e. The van der Waals surface area contributed by atoms with E-state index in [9.17, 15) is 28.8 Å². The first-order valence-corrected chi connectivity index (χ1v) is 16.2. The van der Waals surface area contributed by atoms with Crippen molar-refractivity contribution in [3.63, 3.8) is 0 Å². The lowest BCUT2D eigenvalue weighted by molar-refractivity contribution is -0.144. The molecule has 2 aliphatic rings. The van der Waals surface area contributed by atoms with Crippen LogP contribution in [0.2, 0.25) is 0 Å². The molecule has 1 heterocycles. The van der Waals surface area contributed by atoms with E-state index in [2.05, 4.69) is 21.3 Å². The molecule has 1 aliphatic heterocycles. The maximum atomic E-state index is 14.2. The fourth-order valence-corrected chi connectivity index (χ4v) is 5.83. The lowest BCUT2D eigenvalue weighted by Crippen LogP contribution is -2.62. The number of nitrogens with zero attached hydrogens (tertiary/aromatic N) is 1. The number of carbonyl (C=O) groups excluding carboxylic acids is 6. The summed E-state index contributed by atoms with van der Waals surface area (Å²) in [5, 5.41) is 11.0. The Hall–Kier alpha value is -3.38. The highest BCUT2D eigenvalue weighted by atomic mass is 16.5. The van der Waals surface area contributed by atoms with E-state index in [1.807, 2.05) is 55.4 Å². The number of amides is 6. The molecule has 0 aromatic rings. The third-order valence-electron chi connectivity index (χ3n) is 8.96. The van der Waals surface area contributed by atoms with Crippen molar-refractivity contribution in [2.75, 3.05) is 19.7 Å². The van der Waals surface area contributed by atoms with Crippen LogP contribution in [0.1, 0.15) is 94.4 Å². The molecule has 1 unspecified atom stereocenters. The first-order valence-electron chi connectivity index (χ1n) is 16.2. The molecule has 2 fully saturated rings. The second-order valence-corrected chi connectivity index (χ2v) is 15.0. The van der Waals surface area contributed by atoms with E-state index in [1.165, 1.54) is 4.90 Å². The van der Waals surface area contributed by atoms with Gasteiger partial charge in [0.25, 0.3) is 5.91 Å². The molecule has 1 saturated heterocycles. The highest BCUT2D eigenvalue weighted by Crippen LogP contribution is 2.34. The molecular formula is C32H56N6O7. The summed E-state index contributed by atoms with van der Waals surface area (Å²) < 4.78 is 5.28. The molecule has 0 radical (unpaired) electrons. The molecule has 6 amide bonds.